The third-order valence-corrected chi connectivity index (χ3v) is 6.02. The first-order valence-electron chi connectivity index (χ1n) is 11.0. The highest BCUT2D eigenvalue weighted by Crippen LogP contribution is 2.34. The van der Waals surface area contributed by atoms with E-state index in [1.807, 2.05) is 97.9 Å². The predicted molar refractivity (Wildman–Crippen MR) is 125 cm³/mol. The molecule has 1 aliphatic rings. The van der Waals surface area contributed by atoms with Crippen molar-refractivity contribution in [2.45, 2.75) is 38.5 Å². The van der Waals surface area contributed by atoms with E-state index in [1.165, 1.54) is 0 Å². The molecule has 1 saturated heterocycles. The molecule has 5 nitrogen and oxygen atoms in total. The zero-order valence-corrected chi connectivity index (χ0v) is 18.3. The van der Waals surface area contributed by atoms with E-state index < -0.39 is 11.6 Å². The molecule has 0 spiro atoms. The molecule has 1 aliphatic heterocycles. The van der Waals surface area contributed by atoms with Crippen molar-refractivity contribution >= 4 is 17.7 Å². The molecule has 5 heteroatoms. The molecular weight excluding hydrogens is 400 g/mol. The smallest absolute Gasteiger partial charge is 0.410 e. The maximum absolute atomic E-state index is 13.9. The first kappa shape index (κ1) is 21.6. The van der Waals surface area contributed by atoms with Crippen LogP contribution in [0.25, 0.3) is 0 Å². The first-order valence-corrected chi connectivity index (χ1v) is 11.0. The Hall–Kier alpha value is -3.60. The molecule has 0 aromatic heterocycles. The summed E-state index contributed by atoms with van der Waals surface area (Å²) in [5.41, 5.74) is 1.80. The second-order valence-corrected chi connectivity index (χ2v) is 8.28. The number of hydrogen-bond donors (Lipinski definition) is 0. The molecule has 1 heterocycles. The van der Waals surface area contributed by atoms with Gasteiger partial charge < -0.3 is 9.64 Å². The molecule has 164 valence electrons. The summed E-state index contributed by atoms with van der Waals surface area (Å²) in [7, 11) is 0. The van der Waals surface area contributed by atoms with Crippen molar-refractivity contribution in [3.8, 4) is 0 Å². The van der Waals surface area contributed by atoms with Gasteiger partial charge in [-0.15, -0.1) is 0 Å². The topological polar surface area (TPSA) is 49.9 Å². The van der Waals surface area contributed by atoms with Gasteiger partial charge in [-0.3, -0.25) is 9.69 Å². The minimum absolute atomic E-state index is 0.0956. The molecule has 32 heavy (non-hydrogen) atoms. The number of carbonyl (C=O) groups excluding carboxylic acids is 2. The summed E-state index contributed by atoms with van der Waals surface area (Å²) in [5.74, 6) is -0.0956. The second kappa shape index (κ2) is 9.69. The second-order valence-electron chi connectivity index (χ2n) is 8.28. The summed E-state index contributed by atoms with van der Waals surface area (Å²) >= 11 is 0. The van der Waals surface area contributed by atoms with Crippen molar-refractivity contribution in [1.82, 2.24) is 4.90 Å². The lowest BCUT2D eigenvalue weighted by atomic mass is 9.96. The van der Waals surface area contributed by atoms with Gasteiger partial charge in [0, 0.05) is 12.2 Å². The fourth-order valence-corrected chi connectivity index (χ4v) is 4.22. The van der Waals surface area contributed by atoms with E-state index in [9.17, 15) is 9.59 Å². The summed E-state index contributed by atoms with van der Waals surface area (Å²) in [4.78, 5) is 30.3. The van der Waals surface area contributed by atoms with Crippen LogP contribution in [0, 0.1) is 0 Å². The van der Waals surface area contributed by atoms with Crippen LogP contribution in [-0.4, -0.2) is 29.0 Å². The lowest BCUT2D eigenvalue weighted by molar-refractivity contribution is -0.127. The largest absolute Gasteiger partial charge is 0.445 e. The van der Waals surface area contributed by atoms with Gasteiger partial charge in [-0.25, -0.2) is 4.79 Å². The average molecular weight is 429 g/mol. The SMILES string of the molecule is CC1(C(=O)N(Cc2ccccc2)c2ccccc2)CCCN1C(=O)OCc1ccccc1. The highest BCUT2D eigenvalue weighted by Gasteiger charge is 2.48. The number of benzene rings is 3. The predicted octanol–water partition coefficient (Wildman–Crippen LogP) is 5.41. The minimum Gasteiger partial charge on any atom is -0.445 e. The maximum Gasteiger partial charge on any atom is 0.410 e. The van der Waals surface area contributed by atoms with Crippen molar-refractivity contribution in [2.75, 3.05) is 11.4 Å². The number of ether oxygens (including phenoxy) is 1. The van der Waals surface area contributed by atoms with Crippen LogP contribution in [0.3, 0.4) is 0 Å². The van der Waals surface area contributed by atoms with Gasteiger partial charge in [-0.05, 0) is 43.0 Å². The maximum atomic E-state index is 13.9. The van der Waals surface area contributed by atoms with Crippen LogP contribution in [0.1, 0.15) is 30.9 Å². The number of likely N-dealkylation sites (tertiary alicyclic amines) is 1. The van der Waals surface area contributed by atoms with Crippen molar-refractivity contribution in [2.24, 2.45) is 0 Å². The molecular formula is C27H28N2O3. The number of para-hydroxylation sites is 1. The Morgan fingerprint density at radius 2 is 1.44 bits per heavy atom. The molecule has 1 atom stereocenters. The number of anilines is 1. The van der Waals surface area contributed by atoms with E-state index in [0.717, 1.165) is 23.2 Å². The Morgan fingerprint density at radius 1 is 0.875 bits per heavy atom. The summed E-state index contributed by atoms with van der Waals surface area (Å²) in [5, 5.41) is 0. The van der Waals surface area contributed by atoms with Crippen LogP contribution in [-0.2, 0) is 22.7 Å². The lowest BCUT2D eigenvalue weighted by Gasteiger charge is -2.37. The first-order chi connectivity index (χ1) is 15.6. The van der Waals surface area contributed by atoms with Crippen LogP contribution >= 0.6 is 0 Å². The van der Waals surface area contributed by atoms with Gasteiger partial charge in [0.25, 0.3) is 5.91 Å². The van der Waals surface area contributed by atoms with Gasteiger partial charge in [-0.2, -0.15) is 0 Å². The Labute approximate surface area is 189 Å². The summed E-state index contributed by atoms with van der Waals surface area (Å²) < 4.78 is 5.58. The number of nitrogens with zero attached hydrogens (tertiary/aromatic N) is 2. The molecule has 1 unspecified atom stereocenters. The Kier molecular flexibility index (Phi) is 6.55. The van der Waals surface area contributed by atoms with Crippen LogP contribution in [0.15, 0.2) is 91.0 Å². The van der Waals surface area contributed by atoms with Crippen LogP contribution in [0.4, 0.5) is 10.5 Å². The van der Waals surface area contributed by atoms with Gasteiger partial charge in [0.2, 0.25) is 0 Å². The zero-order valence-electron chi connectivity index (χ0n) is 18.3. The molecule has 0 N–H and O–H groups in total. The number of carbonyl (C=O) groups is 2. The van der Waals surface area contributed by atoms with Crippen LogP contribution in [0.5, 0.6) is 0 Å². The zero-order chi connectivity index (χ0) is 22.4. The number of amides is 2. The molecule has 0 saturated carbocycles. The van der Waals surface area contributed by atoms with E-state index in [4.69, 9.17) is 4.74 Å². The van der Waals surface area contributed by atoms with Crippen molar-refractivity contribution < 1.29 is 14.3 Å². The van der Waals surface area contributed by atoms with Gasteiger partial charge in [-0.1, -0.05) is 78.9 Å². The summed E-state index contributed by atoms with van der Waals surface area (Å²) in [6.45, 7) is 2.98. The standard InChI is InChI=1S/C27H28N2O3/c1-27(18-11-19-29(27)26(31)32-21-23-14-7-3-8-15-23)25(30)28(24-16-9-4-10-17-24)20-22-12-5-2-6-13-22/h2-10,12-17H,11,18-21H2,1H3. The normalized spacial score (nSPS) is 17.7. The summed E-state index contributed by atoms with van der Waals surface area (Å²) in [6.07, 6.45) is 0.913. The fraction of sp³-hybridized carbons (Fsp3) is 0.259. The van der Waals surface area contributed by atoms with E-state index in [1.54, 1.807) is 9.80 Å². The fourth-order valence-electron chi connectivity index (χ4n) is 4.22. The average Bonchev–Trinajstić information content (AvgIpc) is 3.25. The van der Waals surface area contributed by atoms with E-state index in [-0.39, 0.29) is 12.5 Å². The minimum atomic E-state index is -0.960. The highest BCUT2D eigenvalue weighted by atomic mass is 16.6. The molecule has 0 radical (unpaired) electrons. The molecule has 1 fully saturated rings. The lowest BCUT2D eigenvalue weighted by Crippen LogP contribution is -2.56. The van der Waals surface area contributed by atoms with Crippen molar-refractivity contribution in [3.05, 3.63) is 102 Å². The quantitative estimate of drug-likeness (QED) is 0.527. The molecule has 3 aromatic carbocycles. The number of rotatable bonds is 6. The van der Waals surface area contributed by atoms with Crippen molar-refractivity contribution in [3.63, 3.8) is 0 Å². The van der Waals surface area contributed by atoms with Gasteiger partial charge in [0.15, 0.2) is 0 Å². The van der Waals surface area contributed by atoms with Gasteiger partial charge in [0.05, 0.1) is 6.54 Å². The third kappa shape index (κ3) is 4.67. The van der Waals surface area contributed by atoms with Gasteiger partial charge >= 0.3 is 6.09 Å². The Bertz CT molecular complexity index is 1040. The molecule has 2 amide bonds. The summed E-state index contributed by atoms with van der Waals surface area (Å²) in [6, 6.07) is 29.1. The van der Waals surface area contributed by atoms with Gasteiger partial charge in [0.1, 0.15) is 12.1 Å². The third-order valence-electron chi connectivity index (χ3n) is 6.02. The van der Waals surface area contributed by atoms with E-state index in [2.05, 4.69) is 0 Å². The van der Waals surface area contributed by atoms with Crippen LogP contribution in [0.2, 0.25) is 0 Å². The van der Waals surface area contributed by atoms with E-state index >= 15 is 0 Å². The molecule has 4 rings (SSSR count). The molecule has 3 aromatic rings. The molecule has 0 bridgehead atoms. The monoisotopic (exact) mass is 428 g/mol. The van der Waals surface area contributed by atoms with E-state index in [0.29, 0.717) is 19.5 Å². The number of hydrogen-bond acceptors (Lipinski definition) is 3. The van der Waals surface area contributed by atoms with Crippen LogP contribution < -0.4 is 4.90 Å². The van der Waals surface area contributed by atoms with Crippen molar-refractivity contribution in [1.29, 1.82) is 0 Å². The molecule has 0 aliphatic carbocycles. The highest BCUT2D eigenvalue weighted by molar-refractivity contribution is 6.01. The Balaban J connectivity index is 1.56. The Morgan fingerprint density at radius 3 is 2.06 bits per heavy atom.